The van der Waals surface area contributed by atoms with E-state index in [-0.39, 0.29) is 22.2 Å². The van der Waals surface area contributed by atoms with Crippen molar-refractivity contribution in [2.75, 3.05) is 22.6 Å². The van der Waals surface area contributed by atoms with Crippen LogP contribution in [-0.4, -0.2) is 26.3 Å². The molecule has 0 saturated heterocycles. The first kappa shape index (κ1) is 20.2. The summed E-state index contributed by atoms with van der Waals surface area (Å²) in [4.78, 5) is 4.09. The molecule has 3 rings (SSSR count). The summed E-state index contributed by atoms with van der Waals surface area (Å²) in [6.07, 6.45) is 5.28. The molecule has 1 aromatic carbocycles. The van der Waals surface area contributed by atoms with Crippen molar-refractivity contribution < 1.29 is 23.1 Å². The second-order valence-electron chi connectivity index (χ2n) is 6.02. The molecule has 0 bridgehead atoms. The van der Waals surface area contributed by atoms with Crippen LogP contribution in [0.4, 0.5) is 15.8 Å². The number of hydrogen-bond acceptors (Lipinski definition) is 6. The highest BCUT2D eigenvalue weighted by atomic mass is 35.5. The van der Waals surface area contributed by atoms with E-state index in [9.17, 15) is 12.8 Å². The number of anilines is 2. The maximum Gasteiger partial charge on any atom is 0.232 e. The predicted molar refractivity (Wildman–Crippen MR) is 105 cm³/mol. The van der Waals surface area contributed by atoms with Gasteiger partial charge in [0.2, 0.25) is 10.0 Å². The van der Waals surface area contributed by atoms with Gasteiger partial charge in [-0.25, -0.2) is 18.2 Å². The van der Waals surface area contributed by atoms with Gasteiger partial charge in [0.15, 0.2) is 11.5 Å². The molecule has 150 valence electrons. The average Bonchev–Trinajstić information content (AvgIpc) is 3.14. The molecule has 0 amide bonds. The van der Waals surface area contributed by atoms with E-state index in [1.54, 1.807) is 31.6 Å². The number of ether oxygens (including phenoxy) is 1. The molecule has 11 heteroatoms. The maximum absolute atomic E-state index is 14.5. The van der Waals surface area contributed by atoms with Crippen molar-refractivity contribution >= 4 is 38.7 Å². The van der Waals surface area contributed by atoms with Gasteiger partial charge in [-0.05, 0) is 24.6 Å². The van der Waals surface area contributed by atoms with Crippen molar-refractivity contribution in [1.82, 2.24) is 10.4 Å². The van der Waals surface area contributed by atoms with E-state index in [0.29, 0.717) is 17.9 Å². The summed E-state index contributed by atoms with van der Waals surface area (Å²) in [6.45, 7) is 1.75. The van der Waals surface area contributed by atoms with Crippen LogP contribution in [0.25, 0.3) is 5.70 Å². The van der Waals surface area contributed by atoms with E-state index in [1.807, 2.05) is 0 Å². The highest BCUT2D eigenvalue weighted by molar-refractivity contribution is 7.92. The molecule has 0 fully saturated rings. The van der Waals surface area contributed by atoms with Gasteiger partial charge in [-0.15, -0.1) is 5.53 Å². The molecule has 28 heavy (non-hydrogen) atoms. The molecule has 1 aliphatic rings. The minimum atomic E-state index is -3.56. The van der Waals surface area contributed by atoms with Crippen molar-refractivity contribution in [2.24, 2.45) is 0 Å². The summed E-state index contributed by atoms with van der Waals surface area (Å²) in [5, 5.41) is 1.41. The van der Waals surface area contributed by atoms with Crippen LogP contribution < -0.4 is 25.4 Å². The number of nitrogens with one attached hydrogen (secondary N) is 2. The third-order valence-corrected chi connectivity index (χ3v) is 5.81. The molecule has 8 nitrogen and oxygen atoms in total. The van der Waals surface area contributed by atoms with Crippen LogP contribution in [0.15, 0.2) is 36.8 Å². The zero-order valence-corrected chi connectivity index (χ0v) is 16.8. The lowest BCUT2D eigenvalue weighted by molar-refractivity contribution is -0.696. The molecule has 1 aliphatic heterocycles. The Morgan fingerprint density at radius 3 is 2.89 bits per heavy atom. The third-order valence-electron chi connectivity index (χ3n) is 3.95. The lowest BCUT2D eigenvalue weighted by Gasteiger charge is -2.16. The number of sulfonamides is 1. The first-order valence-electron chi connectivity index (χ1n) is 8.42. The molecule has 0 saturated carbocycles. The Kier molecular flexibility index (Phi) is 5.92. The lowest BCUT2D eigenvalue weighted by atomic mass is 10.2. The largest absolute Gasteiger partial charge is 0.495 e. The molecule has 2 aromatic rings. The smallest absolute Gasteiger partial charge is 0.232 e. The van der Waals surface area contributed by atoms with Gasteiger partial charge in [0.25, 0.3) is 0 Å². The number of pyridine rings is 1. The molecule has 0 spiro atoms. The standard InChI is InChI=1S/C17H19ClFN5O3S/c1-3-6-28(25,26)22-14-5-4-13(19)17(16(14)18)24-10-15(21-23-24)11-7-12(27-2)9-20-8-11/h4-5,7-10,21-23H,3,6H2,1-2H3/p+1. The lowest BCUT2D eigenvalue weighted by Crippen LogP contribution is -2.97. The first-order valence-corrected chi connectivity index (χ1v) is 10.5. The van der Waals surface area contributed by atoms with E-state index in [4.69, 9.17) is 16.3 Å². The van der Waals surface area contributed by atoms with Crippen LogP contribution in [-0.2, 0) is 10.0 Å². The van der Waals surface area contributed by atoms with E-state index >= 15 is 0 Å². The zero-order chi connectivity index (χ0) is 20.3. The van der Waals surface area contributed by atoms with Crippen molar-refractivity contribution in [3.8, 4) is 5.75 Å². The summed E-state index contributed by atoms with van der Waals surface area (Å²) in [6, 6.07) is 4.24. The molecule has 0 radical (unpaired) electrons. The van der Waals surface area contributed by atoms with E-state index < -0.39 is 15.8 Å². The van der Waals surface area contributed by atoms with Crippen LogP contribution >= 0.6 is 11.6 Å². The second-order valence-corrected chi connectivity index (χ2v) is 8.24. The number of benzene rings is 1. The van der Waals surface area contributed by atoms with Gasteiger partial charge in [-0.3, -0.25) is 9.71 Å². The van der Waals surface area contributed by atoms with Gasteiger partial charge < -0.3 is 4.74 Å². The first-order chi connectivity index (χ1) is 13.3. The quantitative estimate of drug-likeness (QED) is 0.582. The fourth-order valence-corrected chi connectivity index (χ4v) is 4.16. The van der Waals surface area contributed by atoms with Crippen LogP contribution in [0.1, 0.15) is 18.9 Å². The third kappa shape index (κ3) is 4.29. The molecule has 0 aliphatic carbocycles. The van der Waals surface area contributed by atoms with Crippen LogP contribution in [0.5, 0.6) is 5.75 Å². The van der Waals surface area contributed by atoms with Crippen molar-refractivity contribution in [3.63, 3.8) is 0 Å². The van der Waals surface area contributed by atoms with Crippen LogP contribution in [0, 0.1) is 5.82 Å². The number of halogens is 2. The van der Waals surface area contributed by atoms with Crippen molar-refractivity contribution in [1.29, 1.82) is 0 Å². The number of nitrogens with two attached hydrogens (primary N) is 1. The number of hydrogen-bond donors (Lipinski definition) is 3. The summed E-state index contributed by atoms with van der Waals surface area (Å²) in [7, 11) is -2.02. The van der Waals surface area contributed by atoms with Gasteiger partial charge in [-0.1, -0.05) is 18.5 Å². The van der Waals surface area contributed by atoms with E-state index in [0.717, 1.165) is 11.6 Å². The fraction of sp³-hybridized carbons (Fsp3) is 0.235. The number of rotatable bonds is 7. The monoisotopic (exact) mass is 428 g/mol. The number of aromatic nitrogens is 1. The minimum Gasteiger partial charge on any atom is -0.495 e. The molecular weight excluding hydrogens is 409 g/mol. The topological polar surface area (TPSA) is 100 Å². The Labute approximate surface area is 167 Å². The molecule has 1 aromatic heterocycles. The Morgan fingerprint density at radius 1 is 1.39 bits per heavy atom. The maximum atomic E-state index is 14.5. The number of nitrogens with zero attached hydrogens (tertiary/aromatic N) is 2. The van der Waals surface area contributed by atoms with Crippen LogP contribution in [0.3, 0.4) is 0 Å². The minimum absolute atomic E-state index is 0.0247. The summed E-state index contributed by atoms with van der Waals surface area (Å²) < 4.78 is 46.1. The van der Waals surface area contributed by atoms with Crippen molar-refractivity contribution in [2.45, 2.75) is 13.3 Å². The predicted octanol–water partition coefficient (Wildman–Crippen LogP) is 1.84. The Morgan fingerprint density at radius 2 is 2.18 bits per heavy atom. The molecule has 2 heterocycles. The van der Waals surface area contributed by atoms with Gasteiger partial charge in [0.1, 0.15) is 11.4 Å². The van der Waals surface area contributed by atoms with Gasteiger partial charge >= 0.3 is 0 Å². The average molecular weight is 429 g/mol. The van der Waals surface area contributed by atoms with Gasteiger partial charge in [0.05, 0.1) is 36.0 Å². The zero-order valence-electron chi connectivity index (χ0n) is 15.2. The van der Waals surface area contributed by atoms with Crippen molar-refractivity contribution in [3.05, 3.63) is 53.2 Å². The Hall–Kier alpha value is -2.56. The normalized spacial score (nSPS) is 13.9. The summed E-state index contributed by atoms with van der Waals surface area (Å²) in [5.41, 5.74) is 6.06. The van der Waals surface area contributed by atoms with E-state index in [2.05, 4.69) is 15.1 Å². The van der Waals surface area contributed by atoms with Crippen LogP contribution in [0.2, 0.25) is 5.02 Å². The van der Waals surface area contributed by atoms with Gasteiger partial charge in [-0.2, -0.15) is 5.01 Å². The molecule has 4 N–H and O–H groups in total. The Balaban J connectivity index is 1.93. The summed E-state index contributed by atoms with van der Waals surface area (Å²) in [5.74, 6) is -0.0710. The summed E-state index contributed by atoms with van der Waals surface area (Å²) >= 11 is 6.32. The molecule has 0 atom stereocenters. The SMILES string of the molecule is CCCS(=O)(=O)Nc1ccc(F)c(N2C=C(c3cncc(OC)c3)N[NH2+]2)c1Cl. The highest BCUT2D eigenvalue weighted by Gasteiger charge is 2.26. The molecule has 0 unspecified atom stereocenters. The number of quaternary nitrogens is 1. The molecular formula is C17H20ClFN5O3S+. The Bertz CT molecular complexity index is 1020. The highest BCUT2D eigenvalue weighted by Crippen LogP contribution is 2.35. The number of methoxy groups -OCH3 is 1. The van der Waals surface area contributed by atoms with Gasteiger partial charge in [0, 0.05) is 11.8 Å². The second kappa shape index (κ2) is 8.21. The fourth-order valence-electron chi connectivity index (χ4n) is 2.66. The van der Waals surface area contributed by atoms with E-state index in [1.165, 1.54) is 23.7 Å².